The molecule has 1 saturated heterocycles. The molecule has 2 aromatic rings. The van der Waals surface area contributed by atoms with E-state index in [0.29, 0.717) is 11.3 Å². The number of aliphatic carboxylic acids is 1. The van der Waals surface area contributed by atoms with Crippen molar-refractivity contribution in [3.05, 3.63) is 39.0 Å². The van der Waals surface area contributed by atoms with Gasteiger partial charge in [-0.3, -0.25) is 14.5 Å². The summed E-state index contributed by atoms with van der Waals surface area (Å²) in [6.45, 7) is 1.83. The van der Waals surface area contributed by atoms with E-state index in [0.717, 1.165) is 21.1 Å². The number of thiazole rings is 1. The van der Waals surface area contributed by atoms with E-state index in [-0.39, 0.29) is 51.8 Å². The molecule has 1 fully saturated rings. The van der Waals surface area contributed by atoms with E-state index in [2.05, 4.69) is 25.0 Å². The molecule has 2 aromatic heterocycles. The molecule has 2 amide bonds. The number of oxime groups is 1. The van der Waals surface area contributed by atoms with Crippen molar-refractivity contribution in [2.24, 2.45) is 5.16 Å². The predicted molar refractivity (Wildman–Crippen MR) is 116 cm³/mol. The van der Waals surface area contributed by atoms with Crippen molar-refractivity contribution in [2.75, 3.05) is 11.5 Å². The number of hydrogen-bond donors (Lipinski definition) is 3. The van der Waals surface area contributed by atoms with E-state index < -0.39 is 34.9 Å². The van der Waals surface area contributed by atoms with E-state index in [1.54, 1.807) is 12.2 Å². The molecule has 0 spiro atoms. The van der Waals surface area contributed by atoms with Gasteiger partial charge in [-0.15, -0.1) is 28.2 Å². The van der Waals surface area contributed by atoms with Crippen molar-refractivity contribution >= 4 is 69.3 Å². The molecule has 0 radical (unpaired) electrons. The van der Waals surface area contributed by atoms with Crippen LogP contribution in [0.2, 0.25) is 0 Å². The Morgan fingerprint density at radius 2 is 2.18 bits per heavy atom. The summed E-state index contributed by atoms with van der Waals surface area (Å²) in [5, 5.41) is 31.3. The molecule has 33 heavy (non-hydrogen) atoms. The number of rotatable bonds is 6. The molecule has 2 aliphatic heterocycles. The van der Waals surface area contributed by atoms with Gasteiger partial charge in [0.05, 0.1) is 11.7 Å². The van der Waals surface area contributed by atoms with Crippen LogP contribution in [-0.4, -0.2) is 65.3 Å². The number of aromatic nitrogens is 3. The van der Waals surface area contributed by atoms with Crippen LogP contribution in [0.5, 0.6) is 0 Å². The minimum atomic E-state index is -1.50. The maximum atomic E-state index is 12.7. The van der Waals surface area contributed by atoms with Gasteiger partial charge >= 0.3 is 29.6 Å². The molecule has 2 aliphatic rings. The molecule has 2 atom stereocenters. The Morgan fingerprint density at radius 3 is 2.76 bits per heavy atom. The molecule has 0 saturated carbocycles. The minimum absolute atomic E-state index is 0. The van der Waals surface area contributed by atoms with Crippen molar-refractivity contribution in [1.29, 1.82) is 0 Å². The zero-order chi connectivity index (χ0) is 23.0. The van der Waals surface area contributed by atoms with E-state index in [1.807, 2.05) is 6.92 Å². The maximum absolute atomic E-state index is 12.7. The van der Waals surface area contributed by atoms with Gasteiger partial charge in [0, 0.05) is 16.0 Å². The average molecular weight is 516 g/mol. The van der Waals surface area contributed by atoms with Gasteiger partial charge < -0.3 is 26.2 Å². The molecular weight excluding hydrogens is 501 g/mol. The largest absolute Gasteiger partial charge is 1.00 e. The van der Waals surface area contributed by atoms with Gasteiger partial charge in [0.1, 0.15) is 22.8 Å². The summed E-state index contributed by atoms with van der Waals surface area (Å²) in [7, 11) is 0. The van der Waals surface area contributed by atoms with Gasteiger partial charge in [-0.1, -0.05) is 15.7 Å². The second kappa shape index (κ2) is 10.3. The maximum Gasteiger partial charge on any atom is 1.00 e. The molecule has 0 aliphatic carbocycles. The molecule has 4 heterocycles. The number of nitrogens with one attached hydrogen (secondary N) is 1. The van der Waals surface area contributed by atoms with Crippen LogP contribution in [-0.2, 0) is 14.4 Å². The van der Waals surface area contributed by atoms with Gasteiger partial charge in [0.2, 0.25) is 0 Å². The van der Waals surface area contributed by atoms with E-state index in [4.69, 9.17) is 5.73 Å². The second-order valence-corrected chi connectivity index (χ2v) is 9.54. The number of carboxylic acids is 1. The number of nitrogens with two attached hydrogens (primary N) is 1. The van der Waals surface area contributed by atoms with Gasteiger partial charge in [0.15, 0.2) is 10.8 Å². The Bertz CT molecular complexity index is 1210. The van der Waals surface area contributed by atoms with Crippen molar-refractivity contribution in [3.8, 4) is 0 Å². The fourth-order valence-electron chi connectivity index (χ4n) is 3.15. The van der Waals surface area contributed by atoms with Crippen LogP contribution in [0.25, 0.3) is 6.08 Å². The number of hydrogen-bond acceptors (Lipinski definition) is 13. The number of allylic oxidation sites excluding steroid dienone is 1. The average Bonchev–Trinajstić information content (AvgIpc) is 3.37. The van der Waals surface area contributed by atoms with Crippen LogP contribution < -0.4 is 45.7 Å². The fourth-order valence-corrected chi connectivity index (χ4v) is 5.47. The van der Waals surface area contributed by atoms with Crippen molar-refractivity contribution in [3.63, 3.8) is 0 Å². The SMILES string of the molecule is Cc1snnc1/C=C\C1=C(C(=O)[O-])N2C(=O)C(NC(=O)/C(=N/O)c3csc(N)n3)[C@H]2SC1.[Na+]. The van der Waals surface area contributed by atoms with Crippen LogP contribution in [0.1, 0.15) is 16.3 Å². The summed E-state index contributed by atoms with van der Waals surface area (Å²) in [5.74, 6) is -2.70. The first-order valence-corrected chi connectivity index (χ1v) is 11.6. The predicted octanol–water partition coefficient (Wildman–Crippen LogP) is -3.82. The first-order chi connectivity index (χ1) is 15.3. The molecule has 4 rings (SSSR count). The van der Waals surface area contributed by atoms with Crippen molar-refractivity contribution in [2.45, 2.75) is 18.3 Å². The summed E-state index contributed by atoms with van der Waals surface area (Å²) in [4.78, 5) is 42.9. The Labute approximate surface area is 221 Å². The minimum Gasteiger partial charge on any atom is -0.543 e. The van der Waals surface area contributed by atoms with Crippen LogP contribution in [0, 0.1) is 6.92 Å². The number of carbonyl (C=O) groups is 3. The number of aryl methyl sites for hydroxylation is 1. The normalized spacial score (nSPS) is 20.3. The summed E-state index contributed by atoms with van der Waals surface area (Å²) in [6, 6.07) is -1.01. The molecule has 4 N–H and O–H groups in total. The number of amides is 2. The third kappa shape index (κ3) is 4.83. The third-order valence-corrected chi connectivity index (χ3v) is 7.31. The Morgan fingerprint density at radius 1 is 1.42 bits per heavy atom. The van der Waals surface area contributed by atoms with Gasteiger partial charge in [0.25, 0.3) is 11.8 Å². The quantitative estimate of drug-likeness (QED) is 0.113. The molecule has 0 aromatic carbocycles. The smallest absolute Gasteiger partial charge is 0.543 e. The third-order valence-electron chi connectivity index (χ3n) is 4.69. The first-order valence-electron chi connectivity index (χ1n) is 8.92. The summed E-state index contributed by atoms with van der Waals surface area (Å²) in [6.07, 6.45) is 3.20. The van der Waals surface area contributed by atoms with Gasteiger partial charge in [-0.2, -0.15) is 0 Å². The summed E-state index contributed by atoms with van der Waals surface area (Å²) >= 11 is 3.55. The summed E-state index contributed by atoms with van der Waals surface area (Å²) < 4.78 is 3.82. The van der Waals surface area contributed by atoms with Crippen LogP contribution >= 0.6 is 34.6 Å². The Kier molecular flexibility index (Phi) is 7.92. The number of thioether (sulfide) groups is 1. The standard InChI is InChI=1S/C17H15N7O5S3.Na/c1-6-8(21-23-32-6)3-2-7-4-30-15-11(14(26)24(15)12(7)16(27)28)20-13(25)10(22-29)9-5-31-17(18)19-9;/h2-3,5,11,15,29H,4H2,1H3,(H2,18,19)(H,20,25)(H,27,28);/q;+1/p-1/b3-2-,22-10+;/t11?,15-;/m1./s1. The molecule has 166 valence electrons. The molecular formula is C17H14N7NaO5S3. The zero-order valence-corrected chi connectivity index (χ0v) is 21.7. The Balaban J connectivity index is 0.00000306. The monoisotopic (exact) mass is 515 g/mol. The molecule has 16 heteroatoms. The van der Waals surface area contributed by atoms with E-state index in [1.165, 1.54) is 28.7 Å². The summed E-state index contributed by atoms with van der Waals surface area (Å²) in [5.41, 5.74) is 5.91. The number of anilines is 1. The molecule has 1 unspecified atom stereocenters. The van der Waals surface area contributed by atoms with Gasteiger partial charge in [-0.05, 0) is 30.1 Å². The number of carbonyl (C=O) groups excluding carboxylic acids is 3. The fraction of sp³-hybridized carbons (Fsp3) is 0.235. The second-order valence-electron chi connectivity index (χ2n) is 6.59. The molecule has 0 bridgehead atoms. The van der Waals surface area contributed by atoms with E-state index in [9.17, 15) is 24.7 Å². The Hall–Kier alpha value is -2.30. The van der Waals surface area contributed by atoms with Gasteiger partial charge in [-0.25, -0.2) is 4.98 Å². The number of β-lactam (4-membered cyclic amide) rings is 1. The number of carboxylic acid groups (broad SMARTS) is 1. The first kappa shape index (κ1) is 25.3. The van der Waals surface area contributed by atoms with Crippen LogP contribution in [0.4, 0.5) is 5.13 Å². The number of fused-ring (bicyclic) bond motifs is 1. The zero-order valence-electron chi connectivity index (χ0n) is 17.2. The topological polar surface area (TPSA) is 187 Å². The van der Waals surface area contributed by atoms with E-state index >= 15 is 0 Å². The van der Waals surface area contributed by atoms with Crippen molar-refractivity contribution < 1.29 is 54.3 Å². The van der Waals surface area contributed by atoms with Crippen LogP contribution in [0.3, 0.4) is 0 Å². The molecule has 12 nitrogen and oxygen atoms in total. The van der Waals surface area contributed by atoms with Crippen LogP contribution in [0.15, 0.2) is 27.9 Å². The number of nitrogens with zero attached hydrogens (tertiary/aromatic N) is 5. The van der Waals surface area contributed by atoms with Crippen molar-refractivity contribution in [1.82, 2.24) is 24.8 Å². The number of nitrogen functional groups attached to an aromatic ring is 1.